The summed E-state index contributed by atoms with van der Waals surface area (Å²) >= 11 is 0. The van der Waals surface area contributed by atoms with E-state index in [-0.39, 0.29) is 48.8 Å². The molecule has 0 spiro atoms. The van der Waals surface area contributed by atoms with E-state index in [2.05, 4.69) is 13.8 Å². The lowest BCUT2D eigenvalue weighted by atomic mass is 10.2. The average Bonchev–Trinajstić information content (AvgIpc) is 2.94. The maximum absolute atomic E-state index is 5.91. The molecule has 41 heavy (non-hydrogen) atoms. The smallest absolute Gasteiger partial charge is 0.0781 e. The number of hydrogen-bond donors (Lipinski definition) is 0. The molecule has 0 amide bonds. The summed E-state index contributed by atoms with van der Waals surface area (Å²) in [5, 5.41) is 0. The lowest BCUT2D eigenvalue weighted by molar-refractivity contribution is -0.110. The second kappa shape index (κ2) is 26.0. The Kier molecular flexibility index (Phi) is 25.8. The second-order valence-corrected chi connectivity index (χ2v) is 11.6. The minimum Gasteiger partial charge on any atom is -0.382 e. The third-order valence-corrected chi connectivity index (χ3v) is 5.81. The molecule has 10 nitrogen and oxygen atoms in total. The molecule has 8 atom stereocenters. The fraction of sp³-hybridized carbons (Fsp3) is 1.00. The van der Waals surface area contributed by atoms with Crippen molar-refractivity contribution >= 4 is 0 Å². The summed E-state index contributed by atoms with van der Waals surface area (Å²) in [4.78, 5) is 0. The molecule has 0 saturated carbocycles. The first kappa shape index (κ1) is 40.6. The Morgan fingerprint density at radius 2 is 0.561 bits per heavy atom. The van der Waals surface area contributed by atoms with Gasteiger partial charge in [0.1, 0.15) is 0 Å². The predicted molar refractivity (Wildman–Crippen MR) is 161 cm³/mol. The molecule has 0 saturated heterocycles. The molecular weight excluding hydrogens is 532 g/mol. The fourth-order valence-corrected chi connectivity index (χ4v) is 3.23. The van der Waals surface area contributed by atoms with Gasteiger partial charge in [0.15, 0.2) is 0 Å². The van der Waals surface area contributed by atoms with Crippen molar-refractivity contribution < 1.29 is 47.4 Å². The summed E-state index contributed by atoms with van der Waals surface area (Å²) in [5.74, 6) is 0.519. The lowest BCUT2D eigenvalue weighted by Gasteiger charge is -2.23. The minimum atomic E-state index is -0.0539. The average molecular weight is 597 g/mol. The molecule has 8 unspecified atom stereocenters. The van der Waals surface area contributed by atoms with Crippen molar-refractivity contribution in [1.82, 2.24) is 0 Å². The lowest BCUT2D eigenvalue weighted by Crippen LogP contribution is -2.30. The largest absolute Gasteiger partial charge is 0.382 e. The first-order valence-corrected chi connectivity index (χ1v) is 15.4. The highest BCUT2D eigenvalue weighted by atomic mass is 16.6. The molecule has 0 bridgehead atoms. The molecule has 0 aliphatic carbocycles. The standard InChI is InChI=1S/C31H64O10/c1-23(2)14-34-25(4)16-36-27(6)18-38-29(8)20-40-31(10)22-41-30(9)21-39-28(7)19-37-26(5)17-35-24(3)15-33-13-12-32-11/h23-31H,12-22H2,1-11H3. The van der Waals surface area contributed by atoms with E-state index in [1.54, 1.807) is 7.11 Å². The number of ether oxygens (including phenoxy) is 10. The monoisotopic (exact) mass is 596 g/mol. The molecule has 0 radical (unpaired) electrons. The van der Waals surface area contributed by atoms with E-state index >= 15 is 0 Å². The van der Waals surface area contributed by atoms with Gasteiger partial charge >= 0.3 is 0 Å². The zero-order chi connectivity index (χ0) is 31.0. The molecule has 0 heterocycles. The Labute approximate surface area is 251 Å². The van der Waals surface area contributed by atoms with Crippen LogP contribution in [0.3, 0.4) is 0 Å². The van der Waals surface area contributed by atoms with Gasteiger partial charge in [0, 0.05) is 13.7 Å². The van der Waals surface area contributed by atoms with Crippen LogP contribution in [0.25, 0.3) is 0 Å². The quantitative estimate of drug-likeness (QED) is 0.115. The van der Waals surface area contributed by atoms with Gasteiger partial charge in [0.05, 0.1) is 115 Å². The van der Waals surface area contributed by atoms with Crippen LogP contribution in [0.1, 0.15) is 69.2 Å². The number of rotatable bonds is 29. The molecule has 0 aromatic carbocycles. The van der Waals surface area contributed by atoms with Crippen LogP contribution >= 0.6 is 0 Å². The Morgan fingerprint density at radius 3 is 0.805 bits per heavy atom. The highest BCUT2D eigenvalue weighted by molar-refractivity contribution is 4.60. The maximum Gasteiger partial charge on any atom is 0.0781 e. The van der Waals surface area contributed by atoms with Gasteiger partial charge in [-0.15, -0.1) is 0 Å². The molecule has 0 aromatic heterocycles. The highest BCUT2D eigenvalue weighted by Gasteiger charge is 2.15. The third kappa shape index (κ3) is 26.9. The van der Waals surface area contributed by atoms with Crippen LogP contribution < -0.4 is 0 Å². The Morgan fingerprint density at radius 1 is 0.317 bits per heavy atom. The summed E-state index contributed by atoms with van der Waals surface area (Å²) in [6.45, 7) is 26.2. The third-order valence-electron chi connectivity index (χ3n) is 5.81. The van der Waals surface area contributed by atoms with Crippen LogP contribution in [0.2, 0.25) is 0 Å². The van der Waals surface area contributed by atoms with E-state index in [0.29, 0.717) is 72.0 Å². The summed E-state index contributed by atoms with van der Waals surface area (Å²) in [6.07, 6.45) is -0.150. The van der Waals surface area contributed by atoms with Crippen LogP contribution in [-0.4, -0.2) is 129 Å². The van der Waals surface area contributed by atoms with Crippen LogP contribution in [0.5, 0.6) is 0 Å². The van der Waals surface area contributed by atoms with Crippen LogP contribution in [0.4, 0.5) is 0 Å². The molecule has 248 valence electrons. The van der Waals surface area contributed by atoms with Crippen molar-refractivity contribution in [2.24, 2.45) is 5.92 Å². The molecule has 0 fully saturated rings. The van der Waals surface area contributed by atoms with E-state index in [4.69, 9.17) is 47.4 Å². The van der Waals surface area contributed by atoms with Gasteiger partial charge < -0.3 is 47.4 Å². The molecule has 0 rings (SSSR count). The van der Waals surface area contributed by atoms with Crippen LogP contribution in [0.15, 0.2) is 0 Å². The van der Waals surface area contributed by atoms with Crippen LogP contribution in [0, 0.1) is 5.92 Å². The molecule has 0 N–H and O–H groups in total. The van der Waals surface area contributed by atoms with Gasteiger partial charge in [-0.2, -0.15) is 0 Å². The van der Waals surface area contributed by atoms with Crippen molar-refractivity contribution in [2.75, 3.05) is 79.8 Å². The maximum atomic E-state index is 5.91. The van der Waals surface area contributed by atoms with Gasteiger partial charge in [-0.05, 0) is 61.3 Å². The number of methoxy groups -OCH3 is 1. The van der Waals surface area contributed by atoms with Crippen molar-refractivity contribution in [2.45, 2.75) is 118 Å². The summed E-state index contributed by atoms with van der Waals surface area (Å²) in [6, 6.07) is 0. The van der Waals surface area contributed by atoms with E-state index in [1.807, 2.05) is 55.4 Å². The summed E-state index contributed by atoms with van der Waals surface area (Å²) in [7, 11) is 1.66. The highest BCUT2D eigenvalue weighted by Crippen LogP contribution is 2.06. The van der Waals surface area contributed by atoms with Crippen molar-refractivity contribution in [1.29, 1.82) is 0 Å². The van der Waals surface area contributed by atoms with Gasteiger partial charge in [0.2, 0.25) is 0 Å². The summed E-state index contributed by atoms with van der Waals surface area (Å²) in [5.41, 5.74) is 0. The summed E-state index contributed by atoms with van der Waals surface area (Å²) < 4.78 is 57.2. The van der Waals surface area contributed by atoms with E-state index < -0.39 is 0 Å². The van der Waals surface area contributed by atoms with Gasteiger partial charge in [-0.25, -0.2) is 0 Å². The van der Waals surface area contributed by atoms with Gasteiger partial charge in [-0.1, -0.05) is 13.8 Å². The normalized spacial score (nSPS) is 18.1. The Balaban J connectivity index is 3.85. The molecule has 0 aliphatic heterocycles. The Bertz CT molecular complexity index is 567. The van der Waals surface area contributed by atoms with Crippen molar-refractivity contribution in [3.63, 3.8) is 0 Å². The van der Waals surface area contributed by atoms with Crippen molar-refractivity contribution in [3.05, 3.63) is 0 Å². The number of hydrogen-bond acceptors (Lipinski definition) is 10. The van der Waals surface area contributed by atoms with Crippen molar-refractivity contribution in [3.8, 4) is 0 Å². The van der Waals surface area contributed by atoms with Crippen LogP contribution in [-0.2, 0) is 47.4 Å². The predicted octanol–water partition coefficient (Wildman–Crippen LogP) is 4.55. The molecule has 0 aromatic rings. The van der Waals surface area contributed by atoms with E-state index in [9.17, 15) is 0 Å². The minimum absolute atomic E-state index is 0.00374. The van der Waals surface area contributed by atoms with E-state index in [0.717, 1.165) is 6.61 Å². The molecular formula is C31H64O10. The first-order valence-electron chi connectivity index (χ1n) is 15.4. The Hall–Kier alpha value is -0.400. The first-order chi connectivity index (χ1) is 19.4. The topological polar surface area (TPSA) is 92.3 Å². The van der Waals surface area contributed by atoms with Gasteiger partial charge in [0.25, 0.3) is 0 Å². The second-order valence-electron chi connectivity index (χ2n) is 11.6. The van der Waals surface area contributed by atoms with E-state index in [1.165, 1.54) is 0 Å². The zero-order valence-electron chi connectivity index (χ0n) is 28.1. The molecule has 0 aliphatic rings. The van der Waals surface area contributed by atoms with Gasteiger partial charge in [-0.3, -0.25) is 0 Å². The molecule has 10 heteroatoms. The SMILES string of the molecule is COCCOCC(C)OCC(C)OCC(C)OCC(C)OCC(C)OCC(C)OCC(C)OCC(C)OCC(C)C. The zero-order valence-corrected chi connectivity index (χ0v) is 28.1. The fourth-order valence-electron chi connectivity index (χ4n) is 3.23.